The van der Waals surface area contributed by atoms with Crippen LogP contribution in [0.5, 0.6) is 0 Å². The Morgan fingerprint density at radius 3 is 2.14 bits per heavy atom. The molecule has 0 unspecified atom stereocenters. The van der Waals surface area contributed by atoms with Crippen molar-refractivity contribution in [2.75, 3.05) is 13.6 Å². The Labute approximate surface area is 119 Å². The highest BCUT2D eigenvalue weighted by Gasteiger charge is 2.01. The molecule has 128 valence electrons. The standard InChI is InChI=1S/C4H9N3O2.H2N4O9/c1-7(4(5)6)2-3(8)9;1-2-3-4-6-8-10-12-13-11-9-7-5/h2H2,1H3,(H4,5,6,8,9);1,5H/p+1/b;2-1?,4-3+. The minimum Gasteiger partial charge on any atom is -0.479 e. The lowest BCUT2D eigenvalue weighted by Gasteiger charge is -1.95. The monoisotopic (exact) mass is 334 g/mol. The molecule has 0 amide bonds. The average Bonchev–Trinajstić information content (AvgIpc) is 2.45. The third kappa shape index (κ3) is 19.8. The van der Waals surface area contributed by atoms with Gasteiger partial charge in [0.15, 0.2) is 6.54 Å². The van der Waals surface area contributed by atoms with Gasteiger partial charge >= 0.3 is 11.9 Å². The predicted octanol–water partition coefficient (Wildman–Crippen LogP) is -1.70. The van der Waals surface area contributed by atoms with E-state index in [1.54, 1.807) is 0 Å². The number of likely N-dealkylation sites (N-methyl/N-ethyl adjacent to an activating group) is 1. The number of rotatable bonds is 11. The first-order chi connectivity index (χ1) is 10.5. The van der Waals surface area contributed by atoms with Crippen LogP contribution in [0, 0.1) is 5.53 Å². The fourth-order valence-electron chi connectivity index (χ4n) is 0.411. The highest BCUT2D eigenvalue weighted by molar-refractivity contribution is 5.73. The fourth-order valence-corrected chi connectivity index (χ4v) is 0.411. The topological polar surface area (TPSA) is 247 Å². The number of carboxylic acid groups (broad SMARTS) is 1. The fraction of sp³-hybridized carbons (Fsp3) is 0.500. The number of nitrogens with zero attached hydrogens (tertiary/aromatic N) is 4. The molecule has 0 fully saturated rings. The zero-order chi connectivity index (χ0) is 17.2. The number of nitrogens with two attached hydrogens (primary N) is 2. The number of carboxylic acids is 1. The van der Waals surface area contributed by atoms with Gasteiger partial charge in [0.1, 0.15) is 0 Å². The number of hydrogen-bond donors (Lipinski definition) is 5. The summed E-state index contributed by atoms with van der Waals surface area (Å²) in [5.41, 5.74) is 16.1. The van der Waals surface area contributed by atoms with Gasteiger partial charge in [0.05, 0.1) is 12.3 Å². The number of carbonyl (C=O) groups is 1. The van der Waals surface area contributed by atoms with E-state index in [1.807, 2.05) is 0 Å². The summed E-state index contributed by atoms with van der Waals surface area (Å²) in [5.74, 6) is -0.941. The molecule has 0 spiro atoms. The lowest BCUT2D eigenvalue weighted by molar-refractivity contribution is -0.830. The summed E-state index contributed by atoms with van der Waals surface area (Å²) in [5, 5.41) is 46.5. The van der Waals surface area contributed by atoms with Gasteiger partial charge in [0.25, 0.3) is 0 Å². The van der Waals surface area contributed by atoms with Gasteiger partial charge in [-0.25, -0.2) is 10.1 Å². The Hall–Kier alpha value is -2.58. The molecule has 0 rings (SSSR count). The first-order valence-electron chi connectivity index (χ1n) is 4.50. The lowest BCUT2D eigenvalue weighted by Crippen LogP contribution is -2.36. The second-order valence-corrected chi connectivity index (χ2v) is 2.50. The Bertz CT molecular complexity index is 356. The molecule has 0 radical (unpaired) electrons. The van der Waals surface area contributed by atoms with Crippen molar-refractivity contribution < 1.29 is 60.0 Å². The van der Waals surface area contributed by atoms with Gasteiger partial charge in [-0.3, -0.25) is 16.0 Å². The van der Waals surface area contributed by atoms with E-state index in [-0.39, 0.29) is 12.5 Å². The van der Waals surface area contributed by atoms with Gasteiger partial charge < -0.3 is 5.11 Å². The molecule has 22 heavy (non-hydrogen) atoms. The summed E-state index contributed by atoms with van der Waals surface area (Å²) in [4.78, 5) is 13.6. The second kappa shape index (κ2) is 16.5. The average molecular weight is 334 g/mol. The molecule has 0 bridgehead atoms. The van der Waals surface area contributed by atoms with E-state index in [9.17, 15) is 4.79 Å². The van der Waals surface area contributed by atoms with Crippen LogP contribution >= 0.6 is 0 Å². The van der Waals surface area contributed by atoms with Crippen molar-refractivity contribution in [2.24, 2.45) is 27.2 Å². The molecule has 18 nitrogen and oxygen atoms in total. The van der Waals surface area contributed by atoms with Crippen molar-refractivity contribution in [3.8, 4) is 0 Å². The van der Waals surface area contributed by atoms with E-state index in [1.165, 1.54) is 11.6 Å². The predicted molar refractivity (Wildman–Crippen MR) is 53.4 cm³/mol. The minimum atomic E-state index is -0.953. The van der Waals surface area contributed by atoms with Crippen LogP contribution in [-0.2, 0) is 45.1 Å². The van der Waals surface area contributed by atoms with Gasteiger partial charge in [0, 0.05) is 25.4 Å². The molecule has 0 heterocycles. The SMILES string of the molecule is C[N+](CC(=O)O)=C(N)N.N=N/N=N/OOOOOOOOO. The van der Waals surface area contributed by atoms with Gasteiger partial charge in [-0.15, -0.1) is 0 Å². The third-order valence-electron chi connectivity index (χ3n) is 1.13. The van der Waals surface area contributed by atoms with Crippen molar-refractivity contribution in [2.45, 2.75) is 0 Å². The van der Waals surface area contributed by atoms with Crippen LogP contribution in [0.25, 0.3) is 0 Å². The van der Waals surface area contributed by atoms with Crippen molar-refractivity contribution in [3.05, 3.63) is 0 Å². The van der Waals surface area contributed by atoms with Crippen LogP contribution in [0.1, 0.15) is 0 Å². The molecular formula is C4H12N7O11+. The molecule has 0 aromatic heterocycles. The summed E-state index contributed by atoms with van der Waals surface area (Å²) in [7, 11) is 1.50. The maximum atomic E-state index is 9.95. The van der Waals surface area contributed by atoms with Crippen molar-refractivity contribution in [1.29, 1.82) is 5.53 Å². The highest BCUT2D eigenvalue weighted by atomic mass is 17.9. The molecular weight excluding hydrogens is 322 g/mol. The smallest absolute Gasteiger partial charge is 0.341 e. The lowest BCUT2D eigenvalue weighted by atomic mass is 10.6. The normalized spacial score (nSPS) is 9.73. The van der Waals surface area contributed by atoms with E-state index in [0.29, 0.717) is 0 Å². The third-order valence-corrected chi connectivity index (χ3v) is 1.13. The van der Waals surface area contributed by atoms with Crippen LogP contribution in [0.2, 0.25) is 0 Å². The van der Waals surface area contributed by atoms with Crippen molar-refractivity contribution in [3.63, 3.8) is 0 Å². The van der Waals surface area contributed by atoms with Crippen LogP contribution in [0.3, 0.4) is 0 Å². The largest absolute Gasteiger partial charge is 0.479 e. The molecule has 18 heteroatoms. The van der Waals surface area contributed by atoms with Gasteiger partial charge in [0.2, 0.25) is 0 Å². The van der Waals surface area contributed by atoms with E-state index >= 15 is 0 Å². The van der Waals surface area contributed by atoms with Crippen LogP contribution in [-0.4, -0.2) is 40.5 Å². The second-order valence-electron chi connectivity index (χ2n) is 2.50. The molecule has 0 saturated heterocycles. The number of guanidine groups is 1. The van der Waals surface area contributed by atoms with E-state index < -0.39 is 5.97 Å². The first-order valence-corrected chi connectivity index (χ1v) is 4.50. The van der Waals surface area contributed by atoms with E-state index in [0.717, 1.165) is 0 Å². The van der Waals surface area contributed by atoms with Crippen LogP contribution < -0.4 is 11.5 Å². The summed E-state index contributed by atoms with van der Waals surface area (Å²) in [6, 6.07) is 0. The Balaban J connectivity index is 0. The number of hydrogen-bond acceptors (Lipinski definition) is 12. The van der Waals surface area contributed by atoms with E-state index in [2.05, 4.69) is 56.0 Å². The highest BCUT2D eigenvalue weighted by Crippen LogP contribution is 1.88. The minimum absolute atomic E-state index is 0.0115. The summed E-state index contributed by atoms with van der Waals surface area (Å²) in [6.07, 6.45) is 0. The Morgan fingerprint density at radius 1 is 1.18 bits per heavy atom. The van der Waals surface area contributed by atoms with E-state index in [4.69, 9.17) is 27.4 Å². The van der Waals surface area contributed by atoms with Crippen molar-refractivity contribution in [1.82, 2.24) is 0 Å². The van der Waals surface area contributed by atoms with Crippen LogP contribution in [0.4, 0.5) is 0 Å². The Kier molecular flexibility index (Phi) is 16.3. The molecule has 0 aromatic rings. The molecule has 0 aliphatic rings. The summed E-state index contributed by atoms with van der Waals surface area (Å²) >= 11 is 0. The molecule has 0 atom stereocenters. The summed E-state index contributed by atoms with van der Waals surface area (Å²) in [6.45, 7) is -0.164. The number of aliphatic carboxylic acids is 1. The molecule has 0 saturated carbocycles. The molecule has 0 aliphatic carbocycles. The first kappa shape index (κ1) is 21.7. The van der Waals surface area contributed by atoms with Gasteiger partial charge in [-0.05, 0) is 20.3 Å². The Morgan fingerprint density at radius 2 is 1.73 bits per heavy atom. The van der Waals surface area contributed by atoms with Gasteiger partial charge in [-0.2, -0.15) is 10.5 Å². The molecule has 7 N–H and O–H groups in total. The van der Waals surface area contributed by atoms with Gasteiger partial charge in [-0.1, -0.05) is 0 Å². The molecule has 0 aromatic carbocycles. The summed E-state index contributed by atoms with van der Waals surface area (Å²) < 4.78 is 1.24. The molecule has 0 aliphatic heterocycles. The maximum Gasteiger partial charge on any atom is 0.341 e. The zero-order valence-corrected chi connectivity index (χ0v) is 10.7. The van der Waals surface area contributed by atoms with Crippen LogP contribution in [0.15, 0.2) is 15.7 Å². The maximum absolute atomic E-state index is 9.95. The quantitative estimate of drug-likeness (QED) is 0.0537. The zero-order valence-electron chi connectivity index (χ0n) is 10.7. The van der Waals surface area contributed by atoms with Crippen molar-refractivity contribution >= 4 is 11.9 Å². The number of nitrogens with one attached hydrogen (secondary N) is 1.